The van der Waals surface area contributed by atoms with E-state index in [1.165, 1.54) is 7.11 Å². The monoisotopic (exact) mass is 271 g/mol. The van der Waals surface area contributed by atoms with Gasteiger partial charge in [-0.25, -0.2) is 0 Å². The molecule has 3 rings (SSSR count). The first kappa shape index (κ1) is 12.3. The van der Waals surface area contributed by atoms with Crippen molar-refractivity contribution in [1.29, 1.82) is 0 Å². The predicted octanol–water partition coefficient (Wildman–Crippen LogP) is 2.43. The van der Waals surface area contributed by atoms with Crippen LogP contribution < -0.4 is 10.1 Å². The van der Waals surface area contributed by atoms with Crippen molar-refractivity contribution in [2.45, 2.75) is 0 Å². The second kappa shape index (κ2) is 4.73. The molecule has 0 radical (unpaired) electrons. The molecule has 6 nitrogen and oxygen atoms in total. The number of amides is 1. The fourth-order valence-electron chi connectivity index (χ4n) is 2.03. The number of furan rings is 1. The van der Waals surface area contributed by atoms with E-state index >= 15 is 0 Å². The van der Waals surface area contributed by atoms with Crippen LogP contribution in [0.3, 0.4) is 0 Å². The van der Waals surface area contributed by atoms with Gasteiger partial charge in [0.15, 0.2) is 11.6 Å². The summed E-state index contributed by atoms with van der Waals surface area (Å²) in [5.41, 5.74) is 0.607. The highest BCUT2D eigenvalue weighted by atomic mass is 16.5. The number of carbonyl (C=O) groups is 1. The lowest BCUT2D eigenvalue weighted by Crippen LogP contribution is -2.12. The van der Waals surface area contributed by atoms with Crippen molar-refractivity contribution in [2.24, 2.45) is 7.05 Å². The molecule has 1 N–H and O–H groups in total. The normalized spacial score (nSPS) is 10.7. The third-order valence-corrected chi connectivity index (χ3v) is 2.92. The molecule has 0 bridgehead atoms. The lowest BCUT2D eigenvalue weighted by Gasteiger charge is -2.01. The topological polar surface area (TPSA) is 69.3 Å². The molecule has 0 saturated heterocycles. The number of fused-ring (bicyclic) bond motifs is 1. The summed E-state index contributed by atoms with van der Waals surface area (Å²) in [5.74, 6) is 0.630. The molecule has 3 aromatic rings. The van der Waals surface area contributed by atoms with Crippen molar-refractivity contribution in [3.63, 3.8) is 0 Å². The molecule has 0 saturated carbocycles. The quantitative estimate of drug-likeness (QED) is 0.794. The van der Waals surface area contributed by atoms with Gasteiger partial charge in [-0.3, -0.25) is 9.48 Å². The average molecular weight is 271 g/mol. The number of hydrogen-bond donors (Lipinski definition) is 1. The first-order valence-electron chi connectivity index (χ1n) is 6.05. The molecule has 2 heterocycles. The number of hydrogen-bond acceptors (Lipinski definition) is 4. The number of aromatic nitrogens is 2. The van der Waals surface area contributed by atoms with Crippen LogP contribution >= 0.6 is 0 Å². The molecule has 1 amide bonds. The lowest BCUT2D eigenvalue weighted by molar-refractivity contribution is 0.0994. The van der Waals surface area contributed by atoms with Crippen molar-refractivity contribution in [3.8, 4) is 5.75 Å². The van der Waals surface area contributed by atoms with Gasteiger partial charge in [0.2, 0.25) is 5.76 Å². The number of aryl methyl sites for hydroxylation is 1. The van der Waals surface area contributed by atoms with Crippen LogP contribution in [-0.2, 0) is 7.05 Å². The minimum absolute atomic E-state index is 0.138. The van der Waals surface area contributed by atoms with Gasteiger partial charge >= 0.3 is 0 Å². The fourth-order valence-corrected chi connectivity index (χ4v) is 2.03. The second-order valence-corrected chi connectivity index (χ2v) is 4.29. The Hall–Kier alpha value is -2.76. The number of anilines is 1. The van der Waals surface area contributed by atoms with Gasteiger partial charge in [-0.1, -0.05) is 12.1 Å². The number of rotatable bonds is 3. The Kier molecular flexibility index (Phi) is 2.90. The molecule has 0 atom stereocenters. The summed E-state index contributed by atoms with van der Waals surface area (Å²) in [7, 11) is 3.28. The number of benzene rings is 1. The third kappa shape index (κ3) is 2.01. The zero-order chi connectivity index (χ0) is 14.1. The first-order valence-corrected chi connectivity index (χ1v) is 6.05. The van der Waals surface area contributed by atoms with Gasteiger partial charge in [0, 0.05) is 19.3 Å². The maximum Gasteiger partial charge on any atom is 0.296 e. The van der Waals surface area contributed by atoms with Gasteiger partial charge in [0.25, 0.3) is 5.91 Å². The summed E-state index contributed by atoms with van der Waals surface area (Å²) in [4.78, 5) is 12.2. The van der Waals surface area contributed by atoms with E-state index < -0.39 is 5.91 Å². The summed E-state index contributed by atoms with van der Waals surface area (Å²) >= 11 is 0. The van der Waals surface area contributed by atoms with Crippen LogP contribution in [0.2, 0.25) is 0 Å². The Bertz CT molecular complexity index is 773. The van der Waals surface area contributed by atoms with Crippen LogP contribution in [0, 0.1) is 0 Å². The molecule has 0 fully saturated rings. The van der Waals surface area contributed by atoms with Crippen molar-refractivity contribution >= 4 is 22.7 Å². The zero-order valence-electron chi connectivity index (χ0n) is 11.1. The van der Waals surface area contributed by atoms with Crippen LogP contribution in [0.4, 0.5) is 5.82 Å². The minimum Gasteiger partial charge on any atom is -0.492 e. The van der Waals surface area contributed by atoms with E-state index in [-0.39, 0.29) is 5.76 Å². The van der Waals surface area contributed by atoms with Gasteiger partial charge in [-0.15, -0.1) is 0 Å². The van der Waals surface area contributed by atoms with Gasteiger partial charge in [0.1, 0.15) is 5.58 Å². The Balaban J connectivity index is 1.98. The van der Waals surface area contributed by atoms with Crippen molar-refractivity contribution in [2.75, 3.05) is 12.4 Å². The summed E-state index contributed by atoms with van der Waals surface area (Å²) in [5, 5.41) is 7.52. The van der Waals surface area contributed by atoms with E-state index in [4.69, 9.17) is 9.15 Å². The van der Waals surface area contributed by atoms with Crippen LogP contribution in [-0.4, -0.2) is 22.8 Å². The number of nitrogens with one attached hydrogen (secondary N) is 1. The Morgan fingerprint density at radius 3 is 2.85 bits per heavy atom. The lowest BCUT2D eigenvalue weighted by atomic mass is 10.2. The van der Waals surface area contributed by atoms with E-state index in [2.05, 4.69) is 10.4 Å². The minimum atomic E-state index is -0.392. The van der Waals surface area contributed by atoms with Crippen LogP contribution in [0.1, 0.15) is 10.6 Å². The molecule has 20 heavy (non-hydrogen) atoms. The SMILES string of the molecule is COc1c(C(=O)Nc2ccn(C)n2)oc2ccccc12. The number of para-hydroxylation sites is 1. The number of nitrogens with zero attached hydrogens (tertiary/aromatic N) is 2. The molecule has 102 valence electrons. The summed E-state index contributed by atoms with van der Waals surface area (Å²) < 4.78 is 12.4. The van der Waals surface area contributed by atoms with E-state index in [1.807, 2.05) is 18.2 Å². The molecule has 0 aliphatic carbocycles. The van der Waals surface area contributed by atoms with Gasteiger partial charge in [-0.05, 0) is 12.1 Å². The Labute approximate surface area is 114 Å². The highest BCUT2D eigenvalue weighted by molar-refractivity contribution is 6.07. The third-order valence-electron chi connectivity index (χ3n) is 2.92. The molecule has 0 aliphatic heterocycles. The number of carbonyl (C=O) groups excluding carboxylic acids is 1. The number of ether oxygens (including phenoxy) is 1. The average Bonchev–Trinajstić information content (AvgIpc) is 3.01. The van der Waals surface area contributed by atoms with E-state index in [1.54, 1.807) is 30.1 Å². The molecule has 2 aromatic heterocycles. The standard InChI is InChI=1S/C14H13N3O3/c1-17-8-7-11(16-17)15-14(18)13-12(19-2)9-5-3-4-6-10(9)20-13/h3-8H,1-2H3,(H,15,16,18). The zero-order valence-corrected chi connectivity index (χ0v) is 11.1. The smallest absolute Gasteiger partial charge is 0.296 e. The van der Waals surface area contributed by atoms with E-state index in [0.717, 1.165) is 5.39 Å². The van der Waals surface area contributed by atoms with E-state index in [0.29, 0.717) is 17.2 Å². The fraction of sp³-hybridized carbons (Fsp3) is 0.143. The highest BCUT2D eigenvalue weighted by Gasteiger charge is 2.21. The second-order valence-electron chi connectivity index (χ2n) is 4.29. The summed E-state index contributed by atoms with van der Waals surface area (Å²) in [6.07, 6.45) is 1.74. The van der Waals surface area contributed by atoms with Crippen molar-refractivity contribution in [3.05, 3.63) is 42.3 Å². The molecule has 0 aliphatic rings. The largest absolute Gasteiger partial charge is 0.492 e. The molecular formula is C14H13N3O3. The summed E-state index contributed by atoms with van der Waals surface area (Å²) in [6.45, 7) is 0. The van der Waals surface area contributed by atoms with Crippen LogP contribution in [0.15, 0.2) is 40.9 Å². The van der Waals surface area contributed by atoms with Gasteiger partial charge in [-0.2, -0.15) is 5.10 Å². The highest BCUT2D eigenvalue weighted by Crippen LogP contribution is 2.33. The molecule has 0 spiro atoms. The van der Waals surface area contributed by atoms with Crippen molar-refractivity contribution < 1.29 is 13.9 Å². The maximum absolute atomic E-state index is 12.2. The van der Waals surface area contributed by atoms with Gasteiger partial charge < -0.3 is 14.5 Å². The van der Waals surface area contributed by atoms with Crippen LogP contribution in [0.5, 0.6) is 5.75 Å². The Morgan fingerprint density at radius 1 is 1.35 bits per heavy atom. The molecular weight excluding hydrogens is 258 g/mol. The Morgan fingerprint density at radius 2 is 2.15 bits per heavy atom. The summed E-state index contributed by atoms with van der Waals surface area (Å²) in [6, 6.07) is 9.03. The molecule has 6 heteroatoms. The van der Waals surface area contributed by atoms with Crippen LogP contribution in [0.25, 0.3) is 11.0 Å². The van der Waals surface area contributed by atoms with E-state index in [9.17, 15) is 4.79 Å². The first-order chi connectivity index (χ1) is 9.69. The molecule has 0 unspecified atom stereocenters. The molecule has 1 aromatic carbocycles. The number of methoxy groups -OCH3 is 1. The van der Waals surface area contributed by atoms with Gasteiger partial charge in [0.05, 0.1) is 12.5 Å². The van der Waals surface area contributed by atoms with Crippen molar-refractivity contribution in [1.82, 2.24) is 9.78 Å². The predicted molar refractivity (Wildman–Crippen MR) is 73.9 cm³/mol. The maximum atomic E-state index is 12.2.